The molecule has 0 aliphatic rings. The smallest absolute Gasteiger partial charge is 0.413 e. The van der Waals surface area contributed by atoms with Crippen molar-refractivity contribution < 1.29 is 33.0 Å². The number of esters is 2. The van der Waals surface area contributed by atoms with Crippen molar-refractivity contribution in [1.29, 1.82) is 0 Å². The van der Waals surface area contributed by atoms with E-state index in [-0.39, 0.29) is 17.8 Å². The molecule has 0 saturated heterocycles. The molecular formula is C19H26ClFN2O6. The Morgan fingerprint density at radius 2 is 1.86 bits per heavy atom. The number of nitrogens with zero attached hydrogens (tertiary/aromatic N) is 1. The van der Waals surface area contributed by atoms with Crippen LogP contribution < -0.4 is 5.32 Å². The molecule has 0 radical (unpaired) electrons. The number of hydrogen-bond acceptors (Lipinski definition) is 7. The van der Waals surface area contributed by atoms with Gasteiger partial charge in [-0.25, -0.2) is 9.18 Å². The Kier molecular flexibility index (Phi) is 8.84. The van der Waals surface area contributed by atoms with Gasteiger partial charge < -0.3 is 14.2 Å². The maximum absolute atomic E-state index is 13.9. The van der Waals surface area contributed by atoms with Gasteiger partial charge in [0.2, 0.25) is 0 Å². The Hall–Kier alpha value is -2.39. The van der Waals surface area contributed by atoms with Crippen molar-refractivity contribution in [1.82, 2.24) is 4.90 Å². The number of halogens is 2. The first kappa shape index (κ1) is 24.6. The van der Waals surface area contributed by atoms with E-state index in [2.05, 4.69) is 5.32 Å². The lowest BCUT2D eigenvalue weighted by Gasteiger charge is -2.29. The van der Waals surface area contributed by atoms with Crippen LogP contribution in [0.25, 0.3) is 0 Å². The number of amides is 1. The van der Waals surface area contributed by atoms with Gasteiger partial charge in [-0.15, -0.1) is 0 Å². The summed E-state index contributed by atoms with van der Waals surface area (Å²) in [5.74, 6) is -1.87. The fraction of sp³-hybridized carbons (Fsp3) is 0.526. The van der Waals surface area contributed by atoms with Gasteiger partial charge >= 0.3 is 18.0 Å². The summed E-state index contributed by atoms with van der Waals surface area (Å²) in [6.45, 7) is 7.51. The van der Waals surface area contributed by atoms with Crippen LogP contribution in [0.15, 0.2) is 18.2 Å². The second-order valence-electron chi connectivity index (χ2n) is 7.27. The van der Waals surface area contributed by atoms with Crippen molar-refractivity contribution >= 4 is 35.3 Å². The second-order valence-corrected chi connectivity index (χ2v) is 7.88. The van der Waals surface area contributed by atoms with Crippen molar-refractivity contribution in [2.45, 2.75) is 52.0 Å². The van der Waals surface area contributed by atoms with Crippen LogP contribution in [-0.4, -0.2) is 47.7 Å². The fourth-order valence-electron chi connectivity index (χ4n) is 2.35. The van der Waals surface area contributed by atoms with Crippen LogP contribution in [0.4, 0.5) is 14.9 Å². The van der Waals surface area contributed by atoms with Crippen molar-refractivity contribution in [3.8, 4) is 0 Å². The van der Waals surface area contributed by atoms with E-state index in [0.717, 1.165) is 12.1 Å². The van der Waals surface area contributed by atoms with Crippen LogP contribution in [0.5, 0.6) is 0 Å². The zero-order valence-corrected chi connectivity index (χ0v) is 18.0. The Morgan fingerprint density at radius 3 is 2.38 bits per heavy atom. The highest BCUT2D eigenvalue weighted by atomic mass is 35.5. The molecular weight excluding hydrogens is 407 g/mol. The third-order valence-corrected chi connectivity index (χ3v) is 3.35. The van der Waals surface area contributed by atoms with Crippen LogP contribution in [-0.2, 0) is 23.8 Å². The lowest BCUT2D eigenvalue weighted by molar-refractivity contribution is -0.166. The van der Waals surface area contributed by atoms with Crippen LogP contribution in [0.2, 0.25) is 0 Å². The van der Waals surface area contributed by atoms with E-state index in [9.17, 15) is 18.8 Å². The van der Waals surface area contributed by atoms with Crippen LogP contribution in [0, 0.1) is 5.82 Å². The van der Waals surface area contributed by atoms with E-state index in [1.54, 1.807) is 20.8 Å². The predicted molar refractivity (Wildman–Crippen MR) is 105 cm³/mol. The molecule has 0 bridgehead atoms. The van der Waals surface area contributed by atoms with Crippen LogP contribution in [0.1, 0.15) is 46.4 Å². The van der Waals surface area contributed by atoms with Crippen LogP contribution >= 0.6 is 11.6 Å². The molecule has 1 rings (SSSR count). The summed E-state index contributed by atoms with van der Waals surface area (Å²) < 4.78 is 29.3. The maximum atomic E-state index is 13.9. The number of carbonyl (C=O) groups is 3. The third-order valence-electron chi connectivity index (χ3n) is 3.26. The molecule has 0 aromatic heterocycles. The Labute approximate surface area is 174 Å². The number of likely N-dealkylation sites (N-methyl/N-ethyl adjacent to an activating group) is 1. The molecule has 10 heteroatoms. The van der Waals surface area contributed by atoms with Crippen LogP contribution in [0.3, 0.4) is 0 Å². The zero-order chi connectivity index (χ0) is 22.4. The van der Waals surface area contributed by atoms with Gasteiger partial charge in [0.15, 0.2) is 11.8 Å². The standard InChI is InChI=1S/C19H26ClFN2O6/c1-11(20)27-18(26)22-15-8-7-13(21)9-14(15)17(28-12(2)24)23(6)10-16(25)29-19(3,4)5/h7-9,11,17H,10H2,1-6H3,(H,22,26). The summed E-state index contributed by atoms with van der Waals surface area (Å²) in [5, 5.41) is 2.42. The van der Waals surface area contributed by atoms with E-state index in [1.165, 1.54) is 31.9 Å². The van der Waals surface area contributed by atoms with Gasteiger partial charge in [0.05, 0.1) is 12.2 Å². The highest BCUT2D eigenvalue weighted by Crippen LogP contribution is 2.30. The van der Waals surface area contributed by atoms with E-state index < -0.39 is 41.2 Å². The van der Waals surface area contributed by atoms with Gasteiger partial charge in [0.25, 0.3) is 0 Å². The van der Waals surface area contributed by atoms with Crippen molar-refractivity contribution in [3.05, 3.63) is 29.6 Å². The van der Waals surface area contributed by atoms with Gasteiger partial charge in [-0.1, -0.05) is 11.6 Å². The topological polar surface area (TPSA) is 94.2 Å². The molecule has 0 aliphatic carbocycles. The quantitative estimate of drug-likeness (QED) is 0.303. The lowest BCUT2D eigenvalue weighted by Crippen LogP contribution is -2.37. The number of ether oxygens (including phenoxy) is 3. The fourth-order valence-corrected chi connectivity index (χ4v) is 2.43. The zero-order valence-electron chi connectivity index (χ0n) is 17.2. The van der Waals surface area contributed by atoms with Gasteiger partial charge in [0, 0.05) is 12.5 Å². The Balaban J connectivity index is 3.19. The molecule has 1 N–H and O–H groups in total. The summed E-state index contributed by atoms with van der Waals surface area (Å²) in [6.07, 6.45) is -2.06. The molecule has 0 heterocycles. The summed E-state index contributed by atoms with van der Waals surface area (Å²) in [5.41, 5.74) is -1.37. The van der Waals surface area contributed by atoms with Gasteiger partial charge in [-0.3, -0.25) is 19.8 Å². The Morgan fingerprint density at radius 1 is 1.24 bits per heavy atom. The minimum atomic E-state index is -1.18. The molecule has 8 nitrogen and oxygen atoms in total. The molecule has 29 heavy (non-hydrogen) atoms. The largest absolute Gasteiger partial charge is 0.459 e. The average molecular weight is 433 g/mol. The molecule has 0 fully saturated rings. The average Bonchev–Trinajstić information content (AvgIpc) is 2.51. The third kappa shape index (κ3) is 9.10. The van der Waals surface area contributed by atoms with E-state index in [1.807, 2.05) is 0 Å². The monoisotopic (exact) mass is 432 g/mol. The minimum absolute atomic E-state index is 0.102. The lowest BCUT2D eigenvalue weighted by atomic mass is 10.1. The summed E-state index contributed by atoms with van der Waals surface area (Å²) in [6, 6.07) is 3.48. The first-order chi connectivity index (χ1) is 13.3. The first-order valence-electron chi connectivity index (χ1n) is 8.79. The van der Waals surface area contributed by atoms with Crippen molar-refractivity contribution in [2.24, 2.45) is 0 Å². The molecule has 0 saturated carbocycles. The molecule has 162 valence electrons. The highest BCUT2D eigenvalue weighted by Gasteiger charge is 2.28. The number of anilines is 1. The number of hydrogen-bond donors (Lipinski definition) is 1. The number of benzene rings is 1. The molecule has 0 aliphatic heterocycles. The summed E-state index contributed by atoms with van der Waals surface area (Å²) in [4.78, 5) is 37.0. The van der Waals surface area contributed by atoms with Crippen molar-refractivity contribution in [2.75, 3.05) is 18.9 Å². The molecule has 1 amide bonds. The van der Waals surface area contributed by atoms with Gasteiger partial charge in [-0.05, 0) is 52.9 Å². The predicted octanol–water partition coefficient (Wildman–Crippen LogP) is 3.79. The minimum Gasteiger partial charge on any atom is -0.459 e. The molecule has 1 aromatic carbocycles. The first-order valence-corrected chi connectivity index (χ1v) is 9.22. The maximum Gasteiger partial charge on any atom is 0.413 e. The van der Waals surface area contributed by atoms with Gasteiger partial charge in [0.1, 0.15) is 11.4 Å². The van der Waals surface area contributed by atoms with E-state index in [0.29, 0.717) is 0 Å². The van der Waals surface area contributed by atoms with E-state index >= 15 is 0 Å². The molecule has 2 atom stereocenters. The molecule has 2 unspecified atom stereocenters. The molecule has 0 spiro atoms. The van der Waals surface area contributed by atoms with E-state index in [4.69, 9.17) is 25.8 Å². The number of carbonyl (C=O) groups excluding carboxylic acids is 3. The van der Waals surface area contributed by atoms with Crippen molar-refractivity contribution in [3.63, 3.8) is 0 Å². The SMILES string of the molecule is CC(=O)OC(c1cc(F)ccc1NC(=O)OC(C)Cl)N(C)CC(=O)OC(C)(C)C. The Bertz CT molecular complexity index is 751. The number of alkyl halides is 1. The summed E-state index contributed by atoms with van der Waals surface area (Å²) >= 11 is 5.62. The second kappa shape index (κ2) is 10.4. The highest BCUT2D eigenvalue weighted by molar-refractivity contribution is 6.20. The van der Waals surface area contributed by atoms with Gasteiger partial charge in [-0.2, -0.15) is 0 Å². The molecule has 1 aromatic rings. The normalized spacial score (nSPS) is 13.4. The number of rotatable bonds is 7. The summed E-state index contributed by atoms with van der Waals surface area (Å²) in [7, 11) is 1.49. The number of nitrogens with one attached hydrogen (secondary N) is 1.